The van der Waals surface area contributed by atoms with Crippen LogP contribution in [0.1, 0.15) is 17.5 Å². The number of anilines is 1. The zero-order valence-electron chi connectivity index (χ0n) is 22.1. The number of nitrogens with zero attached hydrogens (tertiary/aromatic N) is 3. The number of carbonyl (C=O) groups excluding carboxylic acids is 2. The largest absolute Gasteiger partial charge is 0.385 e. The number of amides is 2. The summed E-state index contributed by atoms with van der Waals surface area (Å²) in [6.45, 7) is 2.52. The lowest BCUT2D eigenvalue weighted by molar-refractivity contribution is -0.121. The third kappa shape index (κ3) is 5.35. The Morgan fingerprint density at radius 1 is 1.15 bits per heavy atom. The van der Waals surface area contributed by atoms with Crippen LogP contribution in [-0.2, 0) is 35.6 Å². The number of carbonyl (C=O) groups is 2. The second-order valence-corrected chi connectivity index (χ2v) is 11.5. The number of ether oxygens (including phenoxy) is 2. The highest BCUT2D eigenvalue weighted by molar-refractivity contribution is 7.89. The summed E-state index contributed by atoms with van der Waals surface area (Å²) in [6, 6.07) is 12.5. The molecule has 3 heterocycles. The van der Waals surface area contributed by atoms with E-state index in [1.54, 1.807) is 38.4 Å². The van der Waals surface area contributed by atoms with Gasteiger partial charge in [0.15, 0.2) is 0 Å². The maximum absolute atomic E-state index is 13.3. The number of hydrogen-bond acceptors (Lipinski definition) is 6. The Hall–Kier alpha value is -3.51. The van der Waals surface area contributed by atoms with Crippen molar-refractivity contribution in [3.8, 4) is 0 Å². The normalized spacial score (nSPS) is 17.2. The summed E-state index contributed by atoms with van der Waals surface area (Å²) >= 11 is 0. The van der Waals surface area contributed by atoms with Gasteiger partial charge < -0.3 is 24.3 Å². The number of para-hydroxylation sites is 1. The number of hydrogen-bond donors (Lipinski definition) is 1. The SMILES string of the molecule is COCCCNC(=O)Cn1cc(/C=C2\C(=O)N(C)c3ccc(S(=O)(=O)N4CCOCC4)cc32)c2ccccc21. The Bertz CT molecular complexity index is 1540. The molecule has 10 nitrogen and oxygen atoms in total. The summed E-state index contributed by atoms with van der Waals surface area (Å²) in [6.07, 6.45) is 4.36. The maximum atomic E-state index is 13.3. The van der Waals surface area contributed by atoms with Crippen LogP contribution in [0, 0.1) is 0 Å². The molecule has 1 fully saturated rings. The van der Waals surface area contributed by atoms with Crippen LogP contribution in [0.4, 0.5) is 5.69 Å². The lowest BCUT2D eigenvalue weighted by Gasteiger charge is -2.26. The second-order valence-electron chi connectivity index (χ2n) is 9.54. The fourth-order valence-corrected chi connectivity index (χ4v) is 6.43. The Balaban J connectivity index is 1.50. The Kier molecular flexibility index (Phi) is 7.85. The minimum Gasteiger partial charge on any atom is -0.385 e. The van der Waals surface area contributed by atoms with E-state index >= 15 is 0 Å². The first kappa shape index (κ1) is 27.1. The predicted molar refractivity (Wildman–Crippen MR) is 149 cm³/mol. The van der Waals surface area contributed by atoms with Gasteiger partial charge in [0.05, 0.1) is 23.8 Å². The minimum absolute atomic E-state index is 0.119. The Morgan fingerprint density at radius 3 is 2.69 bits per heavy atom. The number of sulfonamides is 1. The molecule has 1 saturated heterocycles. The molecule has 2 amide bonds. The first-order valence-electron chi connectivity index (χ1n) is 12.9. The maximum Gasteiger partial charge on any atom is 0.258 e. The third-order valence-electron chi connectivity index (χ3n) is 7.04. The fourth-order valence-electron chi connectivity index (χ4n) is 5.00. The highest BCUT2D eigenvalue weighted by Gasteiger charge is 2.33. The van der Waals surface area contributed by atoms with E-state index in [4.69, 9.17) is 9.47 Å². The van der Waals surface area contributed by atoms with Gasteiger partial charge in [0.1, 0.15) is 6.54 Å². The molecule has 2 aromatic carbocycles. The van der Waals surface area contributed by atoms with Crippen molar-refractivity contribution in [1.82, 2.24) is 14.2 Å². The number of rotatable bonds is 9. The van der Waals surface area contributed by atoms with Crippen molar-refractivity contribution in [3.05, 3.63) is 59.8 Å². The van der Waals surface area contributed by atoms with E-state index in [0.29, 0.717) is 56.3 Å². The van der Waals surface area contributed by atoms with Gasteiger partial charge in [0, 0.05) is 74.2 Å². The molecule has 39 heavy (non-hydrogen) atoms. The minimum atomic E-state index is -3.73. The molecular formula is C28H32N4O6S. The summed E-state index contributed by atoms with van der Waals surface area (Å²) in [7, 11) is -0.431. The lowest BCUT2D eigenvalue weighted by atomic mass is 10.0. The van der Waals surface area contributed by atoms with Gasteiger partial charge in [-0.05, 0) is 36.8 Å². The third-order valence-corrected chi connectivity index (χ3v) is 8.94. The molecule has 0 spiro atoms. The van der Waals surface area contributed by atoms with Crippen LogP contribution in [0.2, 0.25) is 0 Å². The van der Waals surface area contributed by atoms with Crippen molar-refractivity contribution in [2.24, 2.45) is 0 Å². The molecule has 11 heteroatoms. The number of benzene rings is 2. The first-order valence-corrected chi connectivity index (χ1v) is 14.3. The van der Waals surface area contributed by atoms with Gasteiger partial charge in [0.2, 0.25) is 15.9 Å². The van der Waals surface area contributed by atoms with Crippen LogP contribution in [0.15, 0.2) is 53.6 Å². The van der Waals surface area contributed by atoms with E-state index in [9.17, 15) is 18.0 Å². The number of methoxy groups -OCH3 is 1. The average molecular weight is 553 g/mol. The molecule has 0 radical (unpaired) electrons. The van der Waals surface area contributed by atoms with E-state index in [0.717, 1.165) is 22.9 Å². The molecule has 0 atom stereocenters. The number of morpholine rings is 1. The molecule has 2 aliphatic heterocycles. The zero-order chi connectivity index (χ0) is 27.6. The summed E-state index contributed by atoms with van der Waals surface area (Å²) in [5, 5.41) is 3.79. The van der Waals surface area contributed by atoms with Crippen molar-refractivity contribution in [1.29, 1.82) is 0 Å². The molecule has 1 aromatic heterocycles. The van der Waals surface area contributed by atoms with Crippen molar-refractivity contribution in [3.63, 3.8) is 0 Å². The molecule has 0 saturated carbocycles. The molecule has 5 rings (SSSR count). The summed E-state index contributed by atoms with van der Waals surface area (Å²) in [4.78, 5) is 27.6. The van der Waals surface area contributed by atoms with Crippen molar-refractivity contribution >= 4 is 50.1 Å². The van der Waals surface area contributed by atoms with Gasteiger partial charge in [-0.15, -0.1) is 0 Å². The fraction of sp³-hybridized carbons (Fsp3) is 0.357. The molecule has 0 unspecified atom stereocenters. The van der Waals surface area contributed by atoms with Gasteiger partial charge in [-0.2, -0.15) is 4.31 Å². The van der Waals surface area contributed by atoms with E-state index in [2.05, 4.69) is 5.32 Å². The predicted octanol–water partition coefficient (Wildman–Crippen LogP) is 2.33. The number of aromatic nitrogens is 1. The van der Waals surface area contributed by atoms with Gasteiger partial charge in [-0.3, -0.25) is 9.59 Å². The molecule has 206 valence electrons. The van der Waals surface area contributed by atoms with Crippen LogP contribution in [0.25, 0.3) is 22.6 Å². The molecule has 0 aliphatic carbocycles. The molecular weight excluding hydrogens is 520 g/mol. The molecule has 1 N–H and O–H groups in total. The van der Waals surface area contributed by atoms with Crippen molar-refractivity contribution in [2.45, 2.75) is 17.9 Å². The van der Waals surface area contributed by atoms with E-state index in [-0.39, 0.29) is 23.3 Å². The smallest absolute Gasteiger partial charge is 0.258 e. The van der Waals surface area contributed by atoms with Gasteiger partial charge in [-0.25, -0.2) is 8.42 Å². The van der Waals surface area contributed by atoms with Crippen LogP contribution in [0.3, 0.4) is 0 Å². The first-order chi connectivity index (χ1) is 18.8. The number of nitrogens with one attached hydrogen (secondary N) is 1. The molecule has 0 bridgehead atoms. The summed E-state index contributed by atoms with van der Waals surface area (Å²) < 4.78 is 40.2. The lowest BCUT2D eigenvalue weighted by Crippen LogP contribution is -2.40. The highest BCUT2D eigenvalue weighted by Crippen LogP contribution is 2.39. The van der Waals surface area contributed by atoms with E-state index < -0.39 is 10.0 Å². The highest BCUT2D eigenvalue weighted by atomic mass is 32.2. The van der Waals surface area contributed by atoms with Crippen molar-refractivity contribution < 1.29 is 27.5 Å². The summed E-state index contributed by atoms with van der Waals surface area (Å²) in [5.74, 6) is -0.343. The Labute approximate surface area is 227 Å². The molecule has 3 aromatic rings. The number of fused-ring (bicyclic) bond motifs is 2. The van der Waals surface area contributed by atoms with Crippen molar-refractivity contribution in [2.75, 3.05) is 58.5 Å². The van der Waals surface area contributed by atoms with Gasteiger partial charge in [-0.1, -0.05) is 18.2 Å². The zero-order valence-corrected chi connectivity index (χ0v) is 22.9. The van der Waals surface area contributed by atoms with Crippen LogP contribution >= 0.6 is 0 Å². The monoisotopic (exact) mass is 552 g/mol. The number of likely N-dealkylation sites (N-methyl/N-ethyl adjacent to an activating group) is 1. The van der Waals surface area contributed by atoms with Crippen LogP contribution < -0.4 is 10.2 Å². The van der Waals surface area contributed by atoms with Gasteiger partial charge >= 0.3 is 0 Å². The molecule has 2 aliphatic rings. The topological polar surface area (TPSA) is 110 Å². The van der Waals surface area contributed by atoms with E-state index in [1.807, 2.05) is 35.0 Å². The Morgan fingerprint density at radius 2 is 1.92 bits per heavy atom. The summed E-state index contributed by atoms with van der Waals surface area (Å²) in [5.41, 5.74) is 3.23. The van der Waals surface area contributed by atoms with Crippen LogP contribution in [0.5, 0.6) is 0 Å². The van der Waals surface area contributed by atoms with E-state index in [1.165, 1.54) is 9.21 Å². The quantitative estimate of drug-likeness (QED) is 0.322. The van der Waals surface area contributed by atoms with Crippen LogP contribution in [-0.4, -0.2) is 82.7 Å². The second kappa shape index (κ2) is 11.3. The van der Waals surface area contributed by atoms with Gasteiger partial charge in [0.25, 0.3) is 5.91 Å². The standard InChI is InChI=1S/C28H32N4O6S/c1-30-25-9-8-21(39(35,36)32-11-14-38-15-12-32)17-23(25)24(28(30)34)16-20-18-31(26-7-4-3-6-22(20)26)19-27(33)29-10-5-13-37-2/h3-4,6-9,16-18H,5,10-15,19H2,1-2H3,(H,29,33)/b24-16-. The average Bonchev–Trinajstić information content (AvgIpc) is 3.41.